The third kappa shape index (κ3) is 12.4. The average Bonchev–Trinajstić information content (AvgIpc) is 3.08. The van der Waals surface area contributed by atoms with E-state index >= 15 is 0 Å². The average molecular weight is 334 g/mol. The number of carbonyl (C=O) groups excluding carboxylic acids is 1. The van der Waals surface area contributed by atoms with Crippen molar-refractivity contribution >= 4 is 5.78 Å². The van der Waals surface area contributed by atoms with Crippen LogP contribution in [-0.2, 0) is 11.3 Å². The van der Waals surface area contributed by atoms with E-state index in [2.05, 4.69) is 6.92 Å². The van der Waals surface area contributed by atoms with Gasteiger partial charge in [-0.2, -0.15) is 0 Å². The number of carbonyl (C=O) groups is 1. The van der Waals surface area contributed by atoms with Gasteiger partial charge in [-0.3, -0.25) is 4.79 Å². The molecule has 0 saturated heterocycles. The number of aromatic nitrogens is 1. The number of unbranched alkanes of at least 4 members (excludes halogenated alkanes) is 13. The summed E-state index contributed by atoms with van der Waals surface area (Å²) in [6.45, 7) is 2.83. The van der Waals surface area contributed by atoms with Crippen LogP contribution >= 0.6 is 0 Å². The second-order valence-electron chi connectivity index (χ2n) is 7.24. The molecule has 0 aliphatic heterocycles. The summed E-state index contributed by atoms with van der Waals surface area (Å²) >= 11 is 0. The zero-order chi connectivity index (χ0) is 17.3. The fourth-order valence-corrected chi connectivity index (χ4v) is 3.27. The van der Waals surface area contributed by atoms with Gasteiger partial charge in [0.15, 0.2) is 5.78 Å². The Hall–Kier alpha value is -1.05. The van der Waals surface area contributed by atoms with E-state index in [1.165, 1.54) is 83.5 Å². The van der Waals surface area contributed by atoms with Gasteiger partial charge >= 0.3 is 0 Å². The van der Waals surface area contributed by atoms with Crippen molar-refractivity contribution < 1.29 is 4.79 Å². The molecule has 0 bridgehead atoms. The molecule has 0 unspecified atom stereocenters. The summed E-state index contributed by atoms with van der Waals surface area (Å²) in [5.74, 6) is 0.366. The number of ketones is 1. The van der Waals surface area contributed by atoms with Crippen LogP contribution < -0.4 is 0 Å². The molecule has 0 aromatic carbocycles. The van der Waals surface area contributed by atoms with Gasteiger partial charge in [0, 0.05) is 18.8 Å². The zero-order valence-electron chi connectivity index (χ0n) is 16.0. The summed E-state index contributed by atoms with van der Waals surface area (Å²) in [4.78, 5) is 11.8. The molecule has 0 amide bonds. The Bertz CT molecular complexity index is 383. The Morgan fingerprint density at radius 3 is 1.54 bits per heavy atom. The van der Waals surface area contributed by atoms with Crippen molar-refractivity contribution in [2.75, 3.05) is 0 Å². The first kappa shape index (κ1) is 21.0. The lowest BCUT2D eigenvalue weighted by Gasteiger charge is -2.04. The van der Waals surface area contributed by atoms with Gasteiger partial charge in [-0.1, -0.05) is 90.4 Å². The molecule has 0 saturated carbocycles. The molecule has 0 atom stereocenters. The Labute approximate surface area is 150 Å². The maximum Gasteiger partial charge on any atom is 0.152 e. The second kappa shape index (κ2) is 15.5. The molecule has 1 aromatic heterocycles. The van der Waals surface area contributed by atoms with E-state index in [4.69, 9.17) is 0 Å². The fourth-order valence-electron chi connectivity index (χ4n) is 3.27. The van der Waals surface area contributed by atoms with Crippen molar-refractivity contribution in [3.05, 3.63) is 24.5 Å². The first-order valence-corrected chi connectivity index (χ1v) is 10.5. The van der Waals surface area contributed by atoms with Gasteiger partial charge in [-0.25, -0.2) is 0 Å². The lowest BCUT2D eigenvalue weighted by atomic mass is 10.0. The standard InChI is InChI=1S/C22H39NO/c1-2-3-4-5-6-7-8-9-10-11-12-13-14-15-18-22(24)21-23-19-16-17-20-23/h16-17,19-20H,2-15,18,21H2,1H3. The lowest BCUT2D eigenvalue weighted by Crippen LogP contribution is -2.07. The van der Waals surface area contributed by atoms with Crippen LogP contribution in [0.15, 0.2) is 24.5 Å². The smallest absolute Gasteiger partial charge is 0.152 e. The third-order valence-electron chi connectivity index (χ3n) is 4.83. The topological polar surface area (TPSA) is 22.0 Å². The predicted octanol–water partition coefficient (Wildman–Crippen LogP) is 6.93. The van der Waals surface area contributed by atoms with Crippen molar-refractivity contribution in [3.8, 4) is 0 Å². The summed E-state index contributed by atoms with van der Waals surface area (Å²) in [5, 5.41) is 0. The summed E-state index contributed by atoms with van der Waals surface area (Å²) in [5.41, 5.74) is 0. The molecule has 1 rings (SSSR count). The minimum absolute atomic E-state index is 0.366. The van der Waals surface area contributed by atoms with Gasteiger partial charge in [0.2, 0.25) is 0 Å². The highest BCUT2D eigenvalue weighted by Gasteiger charge is 2.02. The zero-order valence-corrected chi connectivity index (χ0v) is 16.0. The highest BCUT2D eigenvalue weighted by molar-refractivity contribution is 5.78. The Morgan fingerprint density at radius 2 is 1.08 bits per heavy atom. The van der Waals surface area contributed by atoms with E-state index in [-0.39, 0.29) is 0 Å². The molecular formula is C22H39NO. The Balaban J connectivity index is 1.75. The van der Waals surface area contributed by atoms with Crippen LogP contribution in [0.3, 0.4) is 0 Å². The van der Waals surface area contributed by atoms with E-state index in [0.29, 0.717) is 12.3 Å². The number of nitrogens with zero attached hydrogens (tertiary/aromatic N) is 1. The van der Waals surface area contributed by atoms with Crippen molar-refractivity contribution in [1.29, 1.82) is 0 Å². The van der Waals surface area contributed by atoms with Crippen molar-refractivity contribution in [1.82, 2.24) is 4.57 Å². The minimum atomic E-state index is 0.366. The molecule has 1 heterocycles. The second-order valence-corrected chi connectivity index (χ2v) is 7.24. The molecule has 2 nitrogen and oxygen atoms in total. The first-order valence-electron chi connectivity index (χ1n) is 10.5. The van der Waals surface area contributed by atoms with Gasteiger partial charge in [0.05, 0.1) is 6.54 Å². The van der Waals surface area contributed by atoms with Gasteiger partial charge in [0.25, 0.3) is 0 Å². The number of hydrogen-bond acceptors (Lipinski definition) is 1. The molecule has 24 heavy (non-hydrogen) atoms. The predicted molar refractivity (Wildman–Crippen MR) is 104 cm³/mol. The van der Waals surface area contributed by atoms with Crippen molar-refractivity contribution in [3.63, 3.8) is 0 Å². The molecule has 0 N–H and O–H groups in total. The monoisotopic (exact) mass is 333 g/mol. The van der Waals surface area contributed by atoms with Crippen LogP contribution in [0.25, 0.3) is 0 Å². The number of hydrogen-bond donors (Lipinski definition) is 0. The van der Waals surface area contributed by atoms with Crippen molar-refractivity contribution in [2.45, 2.75) is 110 Å². The normalized spacial score (nSPS) is 11.0. The lowest BCUT2D eigenvalue weighted by molar-refractivity contribution is -0.119. The largest absolute Gasteiger partial charge is 0.347 e. The maximum absolute atomic E-state index is 11.8. The molecule has 138 valence electrons. The van der Waals surface area contributed by atoms with Gasteiger partial charge in [0.1, 0.15) is 0 Å². The minimum Gasteiger partial charge on any atom is -0.347 e. The maximum atomic E-state index is 11.8. The van der Waals surface area contributed by atoms with E-state index in [1.54, 1.807) is 0 Å². The molecular weight excluding hydrogens is 294 g/mol. The molecule has 0 fully saturated rings. The molecule has 0 radical (unpaired) electrons. The van der Waals surface area contributed by atoms with Crippen LogP contribution in [0, 0.1) is 0 Å². The van der Waals surface area contributed by atoms with E-state index in [0.717, 1.165) is 12.8 Å². The molecule has 2 heteroatoms. The SMILES string of the molecule is CCCCCCCCCCCCCCCCC(=O)Cn1cccc1. The summed E-state index contributed by atoms with van der Waals surface area (Å²) < 4.78 is 1.96. The quantitative estimate of drug-likeness (QED) is 0.283. The molecule has 0 aliphatic rings. The van der Waals surface area contributed by atoms with Gasteiger partial charge in [-0.15, -0.1) is 0 Å². The third-order valence-corrected chi connectivity index (χ3v) is 4.83. The summed E-state index contributed by atoms with van der Waals surface area (Å²) in [7, 11) is 0. The van der Waals surface area contributed by atoms with Crippen LogP contribution in [0.4, 0.5) is 0 Å². The molecule has 0 spiro atoms. The highest BCUT2D eigenvalue weighted by Crippen LogP contribution is 2.13. The number of Topliss-reactive ketones (excluding diaryl/α,β-unsaturated/α-hetero) is 1. The molecule has 1 aromatic rings. The first-order chi connectivity index (χ1) is 11.8. The van der Waals surface area contributed by atoms with Crippen molar-refractivity contribution in [2.24, 2.45) is 0 Å². The van der Waals surface area contributed by atoms with Crippen LogP contribution in [0.5, 0.6) is 0 Å². The van der Waals surface area contributed by atoms with E-state index in [1.807, 2.05) is 29.1 Å². The van der Waals surface area contributed by atoms with Gasteiger partial charge < -0.3 is 4.57 Å². The van der Waals surface area contributed by atoms with Crippen LogP contribution in [-0.4, -0.2) is 10.4 Å². The van der Waals surface area contributed by atoms with E-state index < -0.39 is 0 Å². The van der Waals surface area contributed by atoms with Crippen LogP contribution in [0.1, 0.15) is 103 Å². The molecule has 0 aliphatic carbocycles. The summed E-state index contributed by atoms with van der Waals surface area (Å²) in [6, 6.07) is 3.94. The Kier molecular flexibility index (Phi) is 13.5. The van der Waals surface area contributed by atoms with Gasteiger partial charge in [-0.05, 0) is 18.6 Å². The highest BCUT2D eigenvalue weighted by atomic mass is 16.1. The van der Waals surface area contributed by atoms with Crippen LogP contribution in [0.2, 0.25) is 0 Å². The summed E-state index contributed by atoms with van der Waals surface area (Å²) in [6.07, 6.45) is 23.8. The van der Waals surface area contributed by atoms with E-state index in [9.17, 15) is 4.79 Å². The number of rotatable bonds is 17. The fraction of sp³-hybridized carbons (Fsp3) is 0.773. The Morgan fingerprint density at radius 1 is 0.667 bits per heavy atom.